The zero-order valence-electron chi connectivity index (χ0n) is 8.73. The van der Waals surface area contributed by atoms with Crippen molar-refractivity contribution in [1.29, 1.82) is 10.7 Å². The second-order valence-corrected chi connectivity index (χ2v) is 3.23. The first-order valence-electron chi connectivity index (χ1n) is 4.72. The van der Waals surface area contributed by atoms with Gasteiger partial charge in [0.1, 0.15) is 6.07 Å². The lowest BCUT2D eigenvalue weighted by Crippen LogP contribution is -2.21. The molecule has 2 rings (SSSR count). The van der Waals surface area contributed by atoms with Crippen LogP contribution in [-0.2, 0) is 0 Å². The van der Waals surface area contributed by atoms with Crippen LogP contribution in [0.5, 0.6) is 0 Å². The first-order valence-corrected chi connectivity index (χ1v) is 4.72. The molecule has 0 atom stereocenters. The average molecular weight is 227 g/mol. The minimum absolute atomic E-state index is 0.158. The van der Waals surface area contributed by atoms with E-state index in [9.17, 15) is 0 Å². The van der Waals surface area contributed by atoms with Gasteiger partial charge in [-0.2, -0.15) is 10.4 Å². The Labute approximate surface area is 96.5 Å². The van der Waals surface area contributed by atoms with Crippen LogP contribution in [0.4, 0.5) is 5.69 Å². The van der Waals surface area contributed by atoms with Crippen molar-refractivity contribution in [3.8, 4) is 6.07 Å². The molecule has 0 unspecified atom stereocenters. The molecule has 2 aromatic rings. The average Bonchev–Trinajstić information content (AvgIpc) is 2.76. The summed E-state index contributed by atoms with van der Waals surface area (Å²) in [5, 5.41) is 19.5. The Morgan fingerprint density at radius 2 is 2.41 bits per heavy atom. The number of nitriles is 1. The number of imidazole rings is 1. The normalized spacial score (nSPS) is 11.1. The number of amidine groups is 1. The van der Waals surface area contributed by atoms with Gasteiger partial charge in [-0.15, -0.1) is 0 Å². The molecule has 1 aromatic carbocycles. The third-order valence-corrected chi connectivity index (χ3v) is 2.08. The molecule has 17 heavy (non-hydrogen) atoms. The zero-order chi connectivity index (χ0) is 12.3. The number of rotatable bonds is 3. The number of hydrogen-bond donors (Lipinski definition) is 4. The number of nitrogens with one attached hydrogen (secondary N) is 3. The van der Waals surface area contributed by atoms with E-state index in [2.05, 4.69) is 20.5 Å². The number of nitrogens with zero attached hydrogens (tertiary/aromatic N) is 3. The van der Waals surface area contributed by atoms with Gasteiger partial charge in [-0.25, -0.2) is 4.98 Å². The fraction of sp³-hybridized carbons (Fsp3) is 0. The molecule has 7 heteroatoms. The largest absolute Gasteiger partial charge is 0.382 e. The Balaban J connectivity index is 2.24. The summed E-state index contributed by atoms with van der Waals surface area (Å²) in [5.74, 6) is -0.373. The smallest absolute Gasteiger partial charge is 0.201 e. The third kappa shape index (κ3) is 2.21. The van der Waals surface area contributed by atoms with E-state index < -0.39 is 0 Å². The van der Waals surface area contributed by atoms with E-state index >= 15 is 0 Å². The molecule has 0 aliphatic rings. The van der Waals surface area contributed by atoms with Crippen LogP contribution < -0.4 is 11.2 Å². The number of anilines is 1. The first-order chi connectivity index (χ1) is 8.20. The SMILES string of the molecule is N#C/C(=N\Nc1ccc2nc[nH]c2c1)C(=N)N. The van der Waals surface area contributed by atoms with Gasteiger partial charge in [-0.05, 0) is 18.2 Å². The fourth-order valence-electron chi connectivity index (χ4n) is 1.27. The molecule has 0 saturated carbocycles. The van der Waals surface area contributed by atoms with Gasteiger partial charge in [-0.3, -0.25) is 10.8 Å². The molecular formula is C10H9N7. The quantitative estimate of drug-likeness (QED) is 0.351. The highest BCUT2D eigenvalue weighted by Crippen LogP contribution is 2.15. The number of nitrogens with two attached hydrogens (primary N) is 1. The monoisotopic (exact) mass is 227 g/mol. The molecule has 1 heterocycles. The lowest BCUT2D eigenvalue weighted by atomic mass is 10.3. The summed E-state index contributed by atoms with van der Waals surface area (Å²) < 4.78 is 0. The second-order valence-electron chi connectivity index (χ2n) is 3.23. The number of aromatic nitrogens is 2. The number of fused-ring (bicyclic) bond motifs is 1. The van der Waals surface area contributed by atoms with Crippen LogP contribution in [0.3, 0.4) is 0 Å². The highest BCUT2D eigenvalue weighted by atomic mass is 15.3. The summed E-state index contributed by atoms with van der Waals surface area (Å²) in [5.41, 5.74) is 10.0. The van der Waals surface area contributed by atoms with Gasteiger partial charge in [0.2, 0.25) is 5.71 Å². The van der Waals surface area contributed by atoms with Crippen molar-refractivity contribution < 1.29 is 0 Å². The Hall–Kier alpha value is -2.88. The zero-order valence-corrected chi connectivity index (χ0v) is 8.73. The summed E-state index contributed by atoms with van der Waals surface area (Å²) in [4.78, 5) is 7.03. The van der Waals surface area contributed by atoms with Gasteiger partial charge in [0.25, 0.3) is 0 Å². The maximum Gasteiger partial charge on any atom is 0.201 e. The lowest BCUT2D eigenvalue weighted by molar-refractivity contribution is 1.33. The summed E-state index contributed by atoms with van der Waals surface area (Å²) in [6.07, 6.45) is 1.59. The van der Waals surface area contributed by atoms with Crippen LogP contribution in [0, 0.1) is 16.7 Å². The molecule has 84 valence electrons. The van der Waals surface area contributed by atoms with E-state index in [1.165, 1.54) is 0 Å². The Morgan fingerprint density at radius 3 is 3.12 bits per heavy atom. The molecule has 0 spiro atoms. The number of H-pyrrole nitrogens is 1. The van der Waals surface area contributed by atoms with E-state index in [1.807, 2.05) is 6.07 Å². The van der Waals surface area contributed by atoms with Crippen molar-refractivity contribution in [2.75, 3.05) is 5.43 Å². The molecule has 1 aromatic heterocycles. The Kier molecular flexibility index (Phi) is 2.70. The third-order valence-electron chi connectivity index (χ3n) is 2.08. The lowest BCUT2D eigenvalue weighted by Gasteiger charge is -2.00. The van der Waals surface area contributed by atoms with Crippen molar-refractivity contribution in [2.45, 2.75) is 0 Å². The number of benzene rings is 1. The van der Waals surface area contributed by atoms with Gasteiger partial charge in [0.15, 0.2) is 5.84 Å². The maximum absolute atomic E-state index is 8.66. The molecule has 7 nitrogen and oxygen atoms in total. The van der Waals surface area contributed by atoms with Gasteiger partial charge >= 0.3 is 0 Å². The van der Waals surface area contributed by atoms with Crippen LogP contribution in [0.25, 0.3) is 11.0 Å². The summed E-state index contributed by atoms with van der Waals surface area (Å²) >= 11 is 0. The number of hydrazone groups is 1. The van der Waals surface area contributed by atoms with Crippen molar-refractivity contribution in [3.05, 3.63) is 24.5 Å². The van der Waals surface area contributed by atoms with Crippen LogP contribution in [0.2, 0.25) is 0 Å². The van der Waals surface area contributed by atoms with Crippen molar-refractivity contribution in [2.24, 2.45) is 10.8 Å². The van der Waals surface area contributed by atoms with Crippen molar-refractivity contribution >= 4 is 28.3 Å². The Bertz CT molecular complexity index is 631. The molecule has 0 bridgehead atoms. The minimum atomic E-state index is -0.373. The van der Waals surface area contributed by atoms with E-state index in [4.69, 9.17) is 16.4 Å². The van der Waals surface area contributed by atoms with Gasteiger partial charge in [0.05, 0.1) is 23.0 Å². The summed E-state index contributed by atoms with van der Waals surface area (Å²) in [7, 11) is 0. The van der Waals surface area contributed by atoms with E-state index in [1.54, 1.807) is 24.5 Å². The van der Waals surface area contributed by atoms with E-state index in [-0.39, 0.29) is 11.5 Å². The number of aromatic amines is 1. The molecule has 0 radical (unpaired) electrons. The van der Waals surface area contributed by atoms with Crippen molar-refractivity contribution in [3.63, 3.8) is 0 Å². The second kappa shape index (κ2) is 4.32. The highest BCUT2D eigenvalue weighted by molar-refractivity contribution is 6.45. The standard InChI is InChI=1S/C10H9N7/c11-4-9(10(12)13)17-16-6-1-2-7-8(3-6)15-5-14-7/h1-3,5,16H,(H3,12,13)(H,14,15)/b17-9+. The van der Waals surface area contributed by atoms with Crippen LogP contribution >= 0.6 is 0 Å². The summed E-state index contributed by atoms with van der Waals surface area (Å²) in [6, 6.07) is 7.09. The van der Waals surface area contributed by atoms with Crippen LogP contribution in [-0.4, -0.2) is 21.5 Å². The number of hydrogen-bond acceptors (Lipinski definition) is 5. The van der Waals surface area contributed by atoms with Crippen LogP contribution in [0.15, 0.2) is 29.6 Å². The van der Waals surface area contributed by atoms with E-state index in [0.717, 1.165) is 11.0 Å². The van der Waals surface area contributed by atoms with Gasteiger partial charge in [0, 0.05) is 0 Å². The molecule has 5 N–H and O–H groups in total. The summed E-state index contributed by atoms with van der Waals surface area (Å²) in [6.45, 7) is 0. The fourth-order valence-corrected chi connectivity index (χ4v) is 1.27. The predicted molar refractivity (Wildman–Crippen MR) is 64.7 cm³/mol. The Morgan fingerprint density at radius 1 is 1.59 bits per heavy atom. The minimum Gasteiger partial charge on any atom is -0.382 e. The maximum atomic E-state index is 8.66. The van der Waals surface area contributed by atoms with Gasteiger partial charge in [-0.1, -0.05) is 0 Å². The first kappa shape index (κ1) is 10.6. The predicted octanol–water partition coefficient (Wildman–Crippen LogP) is 0.790. The van der Waals surface area contributed by atoms with Gasteiger partial charge < -0.3 is 10.7 Å². The van der Waals surface area contributed by atoms with Crippen LogP contribution in [0.1, 0.15) is 0 Å². The molecule has 0 aliphatic heterocycles. The molecule has 0 saturated heterocycles. The molecule has 0 aliphatic carbocycles. The van der Waals surface area contributed by atoms with E-state index in [0.29, 0.717) is 5.69 Å². The van der Waals surface area contributed by atoms with Crippen molar-refractivity contribution in [1.82, 2.24) is 9.97 Å². The highest BCUT2D eigenvalue weighted by Gasteiger charge is 2.01. The molecule has 0 amide bonds. The molecule has 0 fully saturated rings. The molecular weight excluding hydrogens is 218 g/mol. The topological polar surface area (TPSA) is 127 Å².